The Bertz CT molecular complexity index is 761. The lowest BCUT2D eigenvalue weighted by atomic mass is 9.90. The molecule has 1 fully saturated rings. The van der Waals surface area contributed by atoms with Crippen molar-refractivity contribution >= 4 is 17.2 Å². The number of amides is 1. The predicted octanol–water partition coefficient (Wildman–Crippen LogP) is 3.19. The molecule has 6 heteroatoms. The monoisotopic (exact) mass is 372 g/mol. The Balaban J connectivity index is 1.56. The van der Waals surface area contributed by atoms with Crippen molar-refractivity contribution in [3.05, 3.63) is 39.3 Å². The Morgan fingerprint density at radius 1 is 1.38 bits per heavy atom. The summed E-state index contributed by atoms with van der Waals surface area (Å²) in [5.74, 6) is 0.145. The second-order valence-electron chi connectivity index (χ2n) is 7.53. The molecule has 2 aromatic heterocycles. The first-order valence-electron chi connectivity index (χ1n) is 9.76. The molecule has 0 aromatic carbocycles. The largest absolute Gasteiger partial charge is 0.337 e. The average Bonchev–Trinajstić information content (AvgIpc) is 3.41. The van der Waals surface area contributed by atoms with Gasteiger partial charge >= 0.3 is 0 Å². The van der Waals surface area contributed by atoms with Crippen LogP contribution in [-0.2, 0) is 25.9 Å². The Labute approximate surface area is 159 Å². The molecule has 0 N–H and O–H groups in total. The van der Waals surface area contributed by atoms with Crippen molar-refractivity contribution in [2.45, 2.75) is 58.2 Å². The van der Waals surface area contributed by atoms with Crippen LogP contribution in [0.15, 0.2) is 16.8 Å². The van der Waals surface area contributed by atoms with Gasteiger partial charge in [0.15, 0.2) is 5.69 Å². The van der Waals surface area contributed by atoms with Crippen LogP contribution < -0.4 is 0 Å². The van der Waals surface area contributed by atoms with E-state index in [1.54, 1.807) is 11.3 Å². The summed E-state index contributed by atoms with van der Waals surface area (Å²) in [4.78, 5) is 17.4. The van der Waals surface area contributed by atoms with Crippen LogP contribution >= 0.6 is 11.3 Å². The standard InChI is InChI=1S/C20H28N4OS/c1-3-24-18-7-6-16(22(2)13-15-8-11-26-14-15)12-17(18)19(21-24)20(25)23-9-4-5-10-23/h8,11,14,16H,3-7,9-10,12-13H2,1-2H3. The molecule has 0 radical (unpaired) electrons. The lowest BCUT2D eigenvalue weighted by Crippen LogP contribution is -2.37. The Kier molecular flexibility index (Phi) is 5.14. The van der Waals surface area contributed by atoms with Gasteiger partial charge in [0.1, 0.15) is 0 Å². The molecule has 3 heterocycles. The second kappa shape index (κ2) is 7.53. The summed E-state index contributed by atoms with van der Waals surface area (Å²) in [6, 6.07) is 2.68. The maximum Gasteiger partial charge on any atom is 0.274 e. The maximum absolute atomic E-state index is 13.0. The third-order valence-corrected chi connectivity index (χ3v) is 6.58. The number of thiophene rings is 1. The summed E-state index contributed by atoms with van der Waals surface area (Å²) in [6.07, 6.45) is 5.33. The summed E-state index contributed by atoms with van der Waals surface area (Å²) < 4.78 is 2.06. The number of aryl methyl sites for hydroxylation is 1. The molecule has 1 amide bonds. The minimum atomic E-state index is 0.145. The molecule has 5 nitrogen and oxygen atoms in total. The van der Waals surface area contributed by atoms with Gasteiger partial charge in [-0.25, -0.2) is 0 Å². The molecule has 1 aliphatic carbocycles. The van der Waals surface area contributed by atoms with E-state index in [2.05, 4.69) is 40.4 Å². The Hall–Kier alpha value is -1.66. The zero-order chi connectivity index (χ0) is 18.1. The van der Waals surface area contributed by atoms with Crippen molar-refractivity contribution < 1.29 is 4.79 Å². The van der Waals surface area contributed by atoms with Gasteiger partial charge in [-0.05, 0) is 68.5 Å². The van der Waals surface area contributed by atoms with Crippen molar-refractivity contribution in [2.75, 3.05) is 20.1 Å². The number of rotatable bonds is 5. The zero-order valence-electron chi connectivity index (χ0n) is 15.8. The summed E-state index contributed by atoms with van der Waals surface area (Å²) in [5, 5.41) is 9.10. The van der Waals surface area contributed by atoms with E-state index < -0.39 is 0 Å². The minimum Gasteiger partial charge on any atom is -0.337 e. The number of carbonyl (C=O) groups is 1. The van der Waals surface area contributed by atoms with Crippen molar-refractivity contribution in [2.24, 2.45) is 0 Å². The van der Waals surface area contributed by atoms with E-state index in [1.807, 2.05) is 4.90 Å². The first-order valence-corrected chi connectivity index (χ1v) is 10.7. The van der Waals surface area contributed by atoms with Crippen LogP contribution in [0.3, 0.4) is 0 Å². The number of hydrogen-bond donors (Lipinski definition) is 0. The number of likely N-dealkylation sites (N-methyl/N-ethyl adjacent to an activating group) is 1. The maximum atomic E-state index is 13.0. The number of likely N-dealkylation sites (tertiary alicyclic amines) is 1. The van der Waals surface area contributed by atoms with E-state index in [-0.39, 0.29) is 5.91 Å². The molecule has 1 atom stereocenters. The Morgan fingerprint density at radius 2 is 2.19 bits per heavy atom. The van der Waals surface area contributed by atoms with Gasteiger partial charge < -0.3 is 4.90 Å². The molecule has 2 aliphatic rings. The fraction of sp³-hybridized carbons (Fsp3) is 0.600. The third kappa shape index (κ3) is 3.32. The average molecular weight is 373 g/mol. The molecule has 1 saturated heterocycles. The van der Waals surface area contributed by atoms with Crippen molar-refractivity contribution in [3.63, 3.8) is 0 Å². The topological polar surface area (TPSA) is 41.4 Å². The van der Waals surface area contributed by atoms with Gasteiger partial charge in [0.25, 0.3) is 5.91 Å². The summed E-state index contributed by atoms with van der Waals surface area (Å²) in [6.45, 7) is 5.69. The van der Waals surface area contributed by atoms with Crippen LogP contribution in [-0.4, -0.2) is 51.7 Å². The van der Waals surface area contributed by atoms with E-state index in [4.69, 9.17) is 5.10 Å². The van der Waals surface area contributed by atoms with Gasteiger partial charge in [-0.1, -0.05) is 0 Å². The second-order valence-corrected chi connectivity index (χ2v) is 8.31. The molecule has 1 aliphatic heterocycles. The van der Waals surface area contributed by atoms with Crippen molar-refractivity contribution in [1.29, 1.82) is 0 Å². The summed E-state index contributed by atoms with van der Waals surface area (Å²) >= 11 is 1.75. The van der Waals surface area contributed by atoms with Gasteiger partial charge in [-0.3, -0.25) is 14.4 Å². The number of carbonyl (C=O) groups excluding carboxylic acids is 1. The molecule has 140 valence electrons. The van der Waals surface area contributed by atoms with E-state index in [9.17, 15) is 4.79 Å². The SMILES string of the molecule is CCn1nc(C(=O)N2CCCC2)c2c1CCC(N(C)Cc1ccsc1)C2. The van der Waals surface area contributed by atoms with Crippen LogP contribution in [0, 0.1) is 0 Å². The number of nitrogens with zero attached hydrogens (tertiary/aromatic N) is 4. The highest BCUT2D eigenvalue weighted by atomic mass is 32.1. The lowest BCUT2D eigenvalue weighted by Gasteiger charge is -2.31. The molecule has 4 rings (SSSR count). The highest BCUT2D eigenvalue weighted by molar-refractivity contribution is 7.07. The summed E-state index contributed by atoms with van der Waals surface area (Å²) in [7, 11) is 2.21. The quantitative estimate of drug-likeness (QED) is 0.809. The van der Waals surface area contributed by atoms with Crippen molar-refractivity contribution in [3.8, 4) is 0 Å². The van der Waals surface area contributed by atoms with E-state index >= 15 is 0 Å². The van der Waals surface area contributed by atoms with Crippen LogP contribution in [0.5, 0.6) is 0 Å². The number of hydrogen-bond acceptors (Lipinski definition) is 4. The predicted molar refractivity (Wildman–Crippen MR) is 105 cm³/mol. The molecule has 0 spiro atoms. The van der Waals surface area contributed by atoms with Crippen LogP contribution in [0.4, 0.5) is 0 Å². The van der Waals surface area contributed by atoms with Crippen LogP contribution in [0.2, 0.25) is 0 Å². The van der Waals surface area contributed by atoms with Gasteiger partial charge in [-0.15, -0.1) is 0 Å². The van der Waals surface area contributed by atoms with Gasteiger partial charge in [0, 0.05) is 43.5 Å². The summed E-state index contributed by atoms with van der Waals surface area (Å²) in [5.41, 5.74) is 4.59. The van der Waals surface area contributed by atoms with E-state index in [1.165, 1.54) is 16.8 Å². The molecular formula is C20H28N4OS. The van der Waals surface area contributed by atoms with Crippen LogP contribution in [0.25, 0.3) is 0 Å². The normalized spacial score (nSPS) is 20.0. The van der Waals surface area contributed by atoms with Gasteiger partial charge in [0.2, 0.25) is 0 Å². The fourth-order valence-electron chi connectivity index (χ4n) is 4.35. The van der Waals surface area contributed by atoms with Crippen LogP contribution in [0.1, 0.15) is 53.5 Å². The molecule has 1 unspecified atom stereocenters. The van der Waals surface area contributed by atoms with Gasteiger partial charge in [0.05, 0.1) is 0 Å². The molecule has 2 aromatic rings. The highest BCUT2D eigenvalue weighted by Gasteiger charge is 2.32. The number of aromatic nitrogens is 2. The zero-order valence-corrected chi connectivity index (χ0v) is 16.6. The first kappa shape index (κ1) is 17.7. The molecular weight excluding hydrogens is 344 g/mol. The van der Waals surface area contributed by atoms with Gasteiger partial charge in [-0.2, -0.15) is 16.4 Å². The lowest BCUT2D eigenvalue weighted by molar-refractivity contribution is 0.0784. The molecule has 0 saturated carbocycles. The minimum absolute atomic E-state index is 0.145. The van der Waals surface area contributed by atoms with E-state index in [0.717, 1.165) is 64.0 Å². The Morgan fingerprint density at radius 3 is 2.88 bits per heavy atom. The van der Waals surface area contributed by atoms with Crippen molar-refractivity contribution in [1.82, 2.24) is 19.6 Å². The van der Waals surface area contributed by atoms with E-state index in [0.29, 0.717) is 6.04 Å². The number of fused-ring (bicyclic) bond motifs is 1. The third-order valence-electron chi connectivity index (χ3n) is 5.85. The fourth-order valence-corrected chi connectivity index (χ4v) is 5.01. The molecule has 26 heavy (non-hydrogen) atoms. The molecule has 0 bridgehead atoms. The smallest absolute Gasteiger partial charge is 0.274 e. The highest BCUT2D eigenvalue weighted by Crippen LogP contribution is 2.29. The first-order chi connectivity index (χ1) is 12.7.